The normalized spacial score (nSPS) is 11.9. The molecule has 1 aromatic heterocycles. The van der Waals surface area contributed by atoms with Gasteiger partial charge in [-0.25, -0.2) is 0 Å². The van der Waals surface area contributed by atoms with Crippen LogP contribution in [0.3, 0.4) is 0 Å². The molecule has 0 radical (unpaired) electrons. The Morgan fingerprint density at radius 1 is 1.45 bits per heavy atom. The maximum absolute atomic E-state index is 12.2. The lowest BCUT2D eigenvalue weighted by Gasteiger charge is -2.25. The van der Waals surface area contributed by atoms with Crippen LogP contribution in [0.2, 0.25) is 0 Å². The molecule has 0 aliphatic heterocycles. The number of aliphatic hydroxyl groups is 1. The SMILES string of the molecule is CCC(O)(CC)CNC(=O)c1cnn(CC(C)C)c1C. The number of rotatable bonds is 7. The number of carbonyl (C=O) groups is 1. The van der Waals surface area contributed by atoms with Crippen molar-refractivity contribution in [3.8, 4) is 0 Å². The summed E-state index contributed by atoms with van der Waals surface area (Å²) in [5, 5.41) is 17.2. The Morgan fingerprint density at radius 2 is 2.05 bits per heavy atom. The van der Waals surface area contributed by atoms with E-state index in [9.17, 15) is 9.90 Å². The molecule has 2 N–H and O–H groups in total. The molecule has 0 unspecified atom stereocenters. The van der Waals surface area contributed by atoms with Gasteiger partial charge in [0.15, 0.2) is 0 Å². The highest BCUT2D eigenvalue weighted by molar-refractivity contribution is 5.95. The van der Waals surface area contributed by atoms with Crippen molar-refractivity contribution in [2.75, 3.05) is 6.54 Å². The lowest BCUT2D eigenvalue weighted by molar-refractivity contribution is 0.0314. The van der Waals surface area contributed by atoms with E-state index in [4.69, 9.17) is 0 Å². The third kappa shape index (κ3) is 4.07. The van der Waals surface area contributed by atoms with Crippen molar-refractivity contribution in [2.24, 2.45) is 5.92 Å². The highest BCUT2D eigenvalue weighted by Gasteiger charge is 2.24. The summed E-state index contributed by atoms with van der Waals surface area (Å²) in [6, 6.07) is 0. The van der Waals surface area contributed by atoms with Crippen LogP contribution in [-0.2, 0) is 6.54 Å². The number of nitrogens with one attached hydrogen (secondary N) is 1. The zero-order valence-electron chi connectivity index (χ0n) is 13.2. The van der Waals surface area contributed by atoms with E-state index in [-0.39, 0.29) is 12.5 Å². The highest BCUT2D eigenvalue weighted by atomic mass is 16.3. The Labute approximate surface area is 121 Å². The summed E-state index contributed by atoms with van der Waals surface area (Å²) in [7, 11) is 0. The lowest BCUT2D eigenvalue weighted by atomic mass is 9.97. The van der Waals surface area contributed by atoms with E-state index in [1.165, 1.54) is 0 Å². The monoisotopic (exact) mass is 281 g/mol. The molecule has 0 spiro atoms. The van der Waals surface area contributed by atoms with Gasteiger partial charge in [0.1, 0.15) is 0 Å². The van der Waals surface area contributed by atoms with Gasteiger partial charge in [0.25, 0.3) is 5.91 Å². The van der Waals surface area contributed by atoms with E-state index in [1.54, 1.807) is 6.20 Å². The fraction of sp³-hybridized carbons (Fsp3) is 0.733. The first kappa shape index (κ1) is 16.7. The number of hydrogen-bond acceptors (Lipinski definition) is 3. The van der Waals surface area contributed by atoms with Gasteiger partial charge in [-0.05, 0) is 25.7 Å². The second-order valence-corrected chi connectivity index (χ2v) is 5.83. The Morgan fingerprint density at radius 3 is 2.55 bits per heavy atom. The second kappa shape index (κ2) is 6.88. The van der Waals surface area contributed by atoms with Crippen LogP contribution in [0.4, 0.5) is 0 Å². The fourth-order valence-corrected chi connectivity index (χ4v) is 2.04. The fourth-order valence-electron chi connectivity index (χ4n) is 2.04. The Kier molecular flexibility index (Phi) is 5.74. The molecule has 1 rings (SSSR count). The Hall–Kier alpha value is -1.36. The molecule has 1 heterocycles. The van der Waals surface area contributed by atoms with Gasteiger partial charge in [0.05, 0.1) is 17.4 Å². The molecule has 0 aromatic carbocycles. The van der Waals surface area contributed by atoms with Gasteiger partial charge in [-0.2, -0.15) is 5.10 Å². The predicted molar refractivity (Wildman–Crippen MR) is 79.7 cm³/mol. The summed E-state index contributed by atoms with van der Waals surface area (Å²) in [4.78, 5) is 12.2. The van der Waals surface area contributed by atoms with E-state index in [2.05, 4.69) is 24.3 Å². The molecular formula is C15H27N3O2. The first-order chi connectivity index (χ1) is 9.33. The van der Waals surface area contributed by atoms with Crippen LogP contribution < -0.4 is 5.32 Å². The number of amides is 1. The molecule has 0 atom stereocenters. The van der Waals surface area contributed by atoms with Crippen molar-refractivity contribution in [1.82, 2.24) is 15.1 Å². The molecule has 5 heteroatoms. The standard InChI is InChI=1S/C15H27N3O2/c1-6-15(20,7-2)10-16-14(19)13-8-17-18(12(13)5)9-11(3)4/h8,11,20H,6-7,9-10H2,1-5H3,(H,16,19). The average molecular weight is 281 g/mol. The van der Waals surface area contributed by atoms with E-state index in [1.807, 2.05) is 25.5 Å². The van der Waals surface area contributed by atoms with Crippen molar-refractivity contribution < 1.29 is 9.90 Å². The van der Waals surface area contributed by atoms with Crippen molar-refractivity contribution in [3.05, 3.63) is 17.5 Å². The number of aromatic nitrogens is 2. The largest absolute Gasteiger partial charge is 0.388 e. The van der Waals surface area contributed by atoms with Gasteiger partial charge in [0, 0.05) is 18.8 Å². The molecule has 20 heavy (non-hydrogen) atoms. The first-order valence-electron chi connectivity index (χ1n) is 7.36. The molecule has 0 saturated heterocycles. The van der Waals surface area contributed by atoms with Crippen molar-refractivity contribution in [1.29, 1.82) is 0 Å². The zero-order valence-corrected chi connectivity index (χ0v) is 13.2. The van der Waals surface area contributed by atoms with Gasteiger partial charge in [0.2, 0.25) is 0 Å². The molecular weight excluding hydrogens is 254 g/mol. The molecule has 0 bridgehead atoms. The number of nitrogens with zero attached hydrogens (tertiary/aromatic N) is 2. The van der Waals surface area contributed by atoms with Crippen LogP contribution in [0.25, 0.3) is 0 Å². The first-order valence-corrected chi connectivity index (χ1v) is 7.36. The van der Waals surface area contributed by atoms with E-state index in [0.29, 0.717) is 24.3 Å². The summed E-state index contributed by atoms with van der Waals surface area (Å²) < 4.78 is 1.85. The van der Waals surface area contributed by atoms with Gasteiger partial charge in [-0.3, -0.25) is 9.48 Å². The minimum absolute atomic E-state index is 0.169. The van der Waals surface area contributed by atoms with E-state index >= 15 is 0 Å². The van der Waals surface area contributed by atoms with Crippen LogP contribution in [0.15, 0.2) is 6.20 Å². The Bertz CT molecular complexity index is 448. The average Bonchev–Trinajstić information content (AvgIpc) is 2.76. The molecule has 0 aliphatic carbocycles. The van der Waals surface area contributed by atoms with Gasteiger partial charge in [-0.1, -0.05) is 27.7 Å². The minimum Gasteiger partial charge on any atom is -0.388 e. The third-order valence-electron chi connectivity index (χ3n) is 3.78. The van der Waals surface area contributed by atoms with Crippen molar-refractivity contribution in [2.45, 2.75) is 59.6 Å². The van der Waals surface area contributed by atoms with Gasteiger partial charge < -0.3 is 10.4 Å². The van der Waals surface area contributed by atoms with Gasteiger partial charge >= 0.3 is 0 Å². The maximum Gasteiger partial charge on any atom is 0.254 e. The summed E-state index contributed by atoms with van der Waals surface area (Å²) in [6.07, 6.45) is 2.84. The van der Waals surface area contributed by atoms with Gasteiger partial charge in [-0.15, -0.1) is 0 Å². The summed E-state index contributed by atoms with van der Waals surface area (Å²) in [6.45, 7) is 11.0. The second-order valence-electron chi connectivity index (χ2n) is 5.83. The molecule has 114 valence electrons. The molecule has 0 saturated carbocycles. The smallest absolute Gasteiger partial charge is 0.254 e. The Balaban J connectivity index is 2.71. The summed E-state index contributed by atoms with van der Waals surface area (Å²) in [5.41, 5.74) is 0.630. The summed E-state index contributed by atoms with van der Waals surface area (Å²) >= 11 is 0. The molecule has 0 fully saturated rings. The molecule has 0 aliphatic rings. The quantitative estimate of drug-likeness (QED) is 0.804. The van der Waals surface area contributed by atoms with Crippen LogP contribution in [0.1, 0.15) is 56.6 Å². The predicted octanol–water partition coefficient (Wildman–Crippen LogP) is 2.13. The topological polar surface area (TPSA) is 67.2 Å². The maximum atomic E-state index is 12.2. The van der Waals surface area contributed by atoms with E-state index < -0.39 is 5.60 Å². The molecule has 1 aromatic rings. The minimum atomic E-state index is -0.822. The lowest BCUT2D eigenvalue weighted by Crippen LogP contribution is -2.42. The van der Waals surface area contributed by atoms with Crippen molar-refractivity contribution >= 4 is 5.91 Å². The van der Waals surface area contributed by atoms with E-state index in [0.717, 1.165) is 12.2 Å². The molecule has 5 nitrogen and oxygen atoms in total. The number of carbonyl (C=O) groups excluding carboxylic acids is 1. The van der Waals surface area contributed by atoms with Crippen LogP contribution in [-0.4, -0.2) is 32.9 Å². The van der Waals surface area contributed by atoms with Crippen LogP contribution >= 0.6 is 0 Å². The number of hydrogen-bond donors (Lipinski definition) is 2. The highest BCUT2D eigenvalue weighted by Crippen LogP contribution is 2.14. The third-order valence-corrected chi connectivity index (χ3v) is 3.78. The molecule has 1 amide bonds. The summed E-state index contributed by atoms with van der Waals surface area (Å²) in [5.74, 6) is 0.313. The zero-order chi connectivity index (χ0) is 15.3. The van der Waals surface area contributed by atoms with Crippen LogP contribution in [0, 0.1) is 12.8 Å². The van der Waals surface area contributed by atoms with Crippen molar-refractivity contribution in [3.63, 3.8) is 0 Å². The van der Waals surface area contributed by atoms with Crippen LogP contribution in [0.5, 0.6) is 0 Å².